The number of fused-ring (bicyclic) bond motifs is 1. The third-order valence-electron chi connectivity index (χ3n) is 3.87. The van der Waals surface area contributed by atoms with Gasteiger partial charge in [-0.05, 0) is 44.2 Å². The van der Waals surface area contributed by atoms with E-state index >= 15 is 0 Å². The monoisotopic (exact) mass is 311 g/mol. The zero-order chi connectivity index (χ0) is 16.6. The van der Waals surface area contributed by atoms with Crippen LogP contribution in [-0.2, 0) is 0 Å². The van der Waals surface area contributed by atoms with Crippen molar-refractivity contribution in [2.24, 2.45) is 0 Å². The molecule has 2 atom stereocenters. The number of benzene rings is 1. The van der Waals surface area contributed by atoms with Crippen molar-refractivity contribution in [2.75, 3.05) is 5.73 Å². The molecule has 1 aliphatic heterocycles. The minimum atomic E-state index is -0.941. The fraction of sp³-hybridized carbons (Fsp3) is 0.294. The van der Waals surface area contributed by atoms with Crippen LogP contribution in [0, 0.1) is 11.3 Å². The molecule has 23 heavy (non-hydrogen) atoms. The van der Waals surface area contributed by atoms with E-state index in [2.05, 4.69) is 11.1 Å². The lowest BCUT2D eigenvalue weighted by atomic mass is 9.87. The number of nitrogens with two attached hydrogens (primary N) is 1. The number of pyridine rings is 1. The second-order valence-electron chi connectivity index (χ2n) is 5.94. The average molecular weight is 311 g/mol. The van der Waals surface area contributed by atoms with Crippen molar-refractivity contribution in [3.05, 3.63) is 47.7 Å². The molecule has 0 fully saturated rings. The van der Waals surface area contributed by atoms with E-state index in [-0.39, 0.29) is 5.82 Å². The molecular formula is C17H17N3O3. The third-order valence-corrected chi connectivity index (χ3v) is 3.87. The topological polar surface area (TPSA) is 101 Å². The molecule has 0 unspecified atom stereocenters. The lowest BCUT2D eigenvalue weighted by Crippen LogP contribution is -2.50. The van der Waals surface area contributed by atoms with Gasteiger partial charge in [0.25, 0.3) is 0 Å². The van der Waals surface area contributed by atoms with E-state index in [9.17, 15) is 5.11 Å². The number of nitrogens with zero attached hydrogens (tertiary/aromatic N) is 2. The molecule has 0 saturated heterocycles. The molecule has 0 spiro atoms. The highest BCUT2D eigenvalue weighted by Crippen LogP contribution is 2.42. The molecule has 1 aromatic heterocycles. The maximum absolute atomic E-state index is 10.7. The van der Waals surface area contributed by atoms with Crippen molar-refractivity contribution in [3.8, 4) is 17.6 Å². The van der Waals surface area contributed by atoms with E-state index < -0.39 is 17.8 Å². The van der Waals surface area contributed by atoms with Gasteiger partial charge in [0.2, 0.25) is 0 Å². The van der Waals surface area contributed by atoms with Gasteiger partial charge in [-0.1, -0.05) is 0 Å². The molecule has 1 aromatic carbocycles. The summed E-state index contributed by atoms with van der Waals surface area (Å²) in [5.74, 6) is 1.19. The van der Waals surface area contributed by atoms with E-state index in [4.69, 9.17) is 20.5 Å². The first-order valence-corrected chi connectivity index (χ1v) is 7.20. The first kappa shape index (κ1) is 15.1. The SMILES string of the molecule is CC1(C)Oc2ccc(C#N)cc2[C@@H](Oc2cccnc2N)[C@@H]1O. The van der Waals surface area contributed by atoms with Crippen LogP contribution in [0.4, 0.5) is 5.82 Å². The Kier molecular flexibility index (Phi) is 3.58. The van der Waals surface area contributed by atoms with Crippen molar-refractivity contribution in [3.63, 3.8) is 0 Å². The van der Waals surface area contributed by atoms with Gasteiger partial charge in [0.05, 0.1) is 11.6 Å². The predicted octanol–water partition coefficient (Wildman–Crippen LogP) is 2.19. The first-order chi connectivity index (χ1) is 10.9. The van der Waals surface area contributed by atoms with Gasteiger partial charge < -0.3 is 20.3 Å². The molecule has 6 nitrogen and oxygen atoms in total. The zero-order valence-electron chi connectivity index (χ0n) is 12.9. The highest BCUT2D eigenvalue weighted by molar-refractivity contribution is 5.49. The molecular weight excluding hydrogens is 294 g/mol. The number of anilines is 1. The molecule has 3 N–H and O–H groups in total. The number of ether oxygens (including phenoxy) is 2. The van der Waals surface area contributed by atoms with Gasteiger partial charge in [-0.3, -0.25) is 0 Å². The second-order valence-corrected chi connectivity index (χ2v) is 5.94. The van der Waals surface area contributed by atoms with Gasteiger partial charge in [0.1, 0.15) is 17.5 Å². The lowest BCUT2D eigenvalue weighted by molar-refractivity contribution is -0.103. The average Bonchev–Trinajstić information content (AvgIpc) is 2.53. The van der Waals surface area contributed by atoms with Gasteiger partial charge in [0, 0.05) is 11.8 Å². The molecule has 2 heterocycles. The first-order valence-electron chi connectivity index (χ1n) is 7.20. The summed E-state index contributed by atoms with van der Waals surface area (Å²) in [6.07, 6.45) is -0.0917. The number of aliphatic hydroxyl groups is 1. The molecule has 0 saturated carbocycles. The molecule has 3 rings (SSSR count). The van der Waals surface area contributed by atoms with Crippen LogP contribution in [0.2, 0.25) is 0 Å². The molecule has 118 valence electrons. The van der Waals surface area contributed by atoms with Crippen molar-refractivity contribution in [1.29, 1.82) is 5.26 Å². The molecule has 0 radical (unpaired) electrons. The summed E-state index contributed by atoms with van der Waals surface area (Å²) in [6, 6.07) is 10.5. The molecule has 0 aliphatic carbocycles. The summed E-state index contributed by atoms with van der Waals surface area (Å²) in [6.45, 7) is 3.56. The van der Waals surface area contributed by atoms with Crippen LogP contribution in [0.5, 0.6) is 11.5 Å². The number of rotatable bonds is 2. The van der Waals surface area contributed by atoms with Crippen LogP contribution in [0.15, 0.2) is 36.5 Å². The fourth-order valence-electron chi connectivity index (χ4n) is 2.58. The summed E-state index contributed by atoms with van der Waals surface area (Å²) < 4.78 is 11.8. The quantitative estimate of drug-likeness (QED) is 0.881. The predicted molar refractivity (Wildman–Crippen MR) is 83.9 cm³/mol. The zero-order valence-corrected chi connectivity index (χ0v) is 12.9. The van der Waals surface area contributed by atoms with Gasteiger partial charge in [-0.15, -0.1) is 0 Å². The summed E-state index contributed by atoms with van der Waals surface area (Å²) in [4.78, 5) is 3.98. The summed E-state index contributed by atoms with van der Waals surface area (Å²) >= 11 is 0. The lowest BCUT2D eigenvalue weighted by Gasteiger charge is -2.41. The van der Waals surface area contributed by atoms with Crippen molar-refractivity contribution in [2.45, 2.75) is 31.7 Å². The van der Waals surface area contributed by atoms with Gasteiger partial charge in [-0.2, -0.15) is 5.26 Å². The maximum atomic E-state index is 10.7. The third kappa shape index (κ3) is 2.67. The summed E-state index contributed by atoms with van der Waals surface area (Å²) in [7, 11) is 0. The Morgan fingerprint density at radius 3 is 2.87 bits per heavy atom. The summed E-state index contributed by atoms with van der Waals surface area (Å²) in [5.41, 5.74) is 6.06. The van der Waals surface area contributed by atoms with Crippen molar-refractivity contribution < 1.29 is 14.6 Å². The molecule has 0 bridgehead atoms. The molecule has 1 aliphatic rings. The Hall–Kier alpha value is -2.78. The number of nitriles is 1. The fourth-order valence-corrected chi connectivity index (χ4v) is 2.58. The second kappa shape index (κ2) is 5.45. The van der Waals surface area contributed by atoms with Crippen LogP contribution in [0.25, 0.3) is 0 Å². The highest BCUT2D eigenvalue weighted by atomic mass is 16.5. The van der Waals surface area contributed by atoms with E-state index in [0.29, 0.717) is 22.6 Å². The van der Waals surface area contributed by atoms with Crippen molar-refractivity contribution >= 4 is 5.82 Å². The number of aliphatic hydroxyl groups excluding tert-OH is 1. The Morgan fingerprint density at radius 1 is 1.39 bits per heavy atom. The van der Waals surface area contributed by atoms with E-state index in [1.54, 1.807) is 50.4 Å². The minimum Gasteiger partial charge on any atom is -0.485 e. The van der Waals surface area contributed by atoms with Crippen LogP contribution in [0.1, 0.15) is 31.1 Å². The van der Waals surface area contributed by atoms with Crippen LogP contribution in [0.3, 0.4) is 0 Å². The van der Waals surface area contributed by atoms with Gasteiger partial charge in [0.15, 0.2) is 17.7 Å². The molecule has 0 amide bonds. The molecule has 2 aromatic rings. The standard InChI is InChI=1S/C17H17N3O3/c1-17(2)15(21)14(22-13-4-3-7-20-16(13)19)11-8-10(9-18)5-6-12(11)23-17/h3-8,14-15,21H,1-2H3,(H2,19,20)/t14-,15+/m1/s1. The van der Waals surface area contributed by atoms with Crippen molar-refractivity contribution in [1.82, 2.24) is 4.98 Å². The number of hydrogen-bond donors (Lipinski definition) is 2. The van der Waals surface area contributed by atoms with Crippen LogP contribution in [-0.4, -0.2) is 21.8 Å². The van der Waals surface area contributed by atoms with Gasteiger partial charge in [-0.25, -0.2) is 4.98 Å². The number of hydrogen-bond acceptors (Lipinski definition) is 6. The maximum Gasteiger partial charge on any atom is 0.166 e. The number of nitrogen functional groups attached to an aromatic ring is 1. The Morgan fingerprint density at radius 2 is 2.17 bits per heavy atom. The smallest absolute Gasteiger partial charge is 0.166 e. The normalized spacial score (nSPS) is 21.7. The minimum absolute atomic E-state index is 0.238. The largest absolute Gasteiger partial charge is 0.485 e. The van der Waals surface area contributed by atoms with Crippen LogP contribution >= 0.6 is 0 Å². The Bertz CT molecular complexity index is 783. The molecule has 6 heteroatoms. The number of aromatic nitrogens is 1. The van der Waals surface area contributed by atoms with E-state index in [0.717, 1.165) is 0 Å². The summed E-state index contributed by atoms with van der Waals surface area (Å²) in [5, 5.41) is 19.8. The van der Waals surface area contributed by atoms with E-state index in [1.807, 2.05) is 0 Å². The Labute approximate surface area is 134 Å². The Balaban J connectivity index is 2.07. The van der Waals surface area contributed by atoms with Crippen LogP contribution < -0.4 is 15.2 Å². The van der Waals surface area contributed by atoms with E-state index in [1.165, 1.54) is 0 Å². The highest BCUT2D eigenvalue weighted by Gasteiger charge is 2.44. The van der Waals surface area contributed by atoms with Gasteiger partial charge >= 0.3 is 0 Å².